The van der Waals surface area contributed by atoms with Gasteiger partial charge in [0.1, 0.15) is 11.2 Å². The van der Waals surface area contributed by atoms with Gasteiger partial charge in [0.05, 0.1) is 5.69 Å². The molecule has 1 aliphatic rings. The van der Waals surface area contributed by atoms with Gasteiger partial charge in [-0.05, 0) is 101 Å². The lowest BCUT2D eigenvalue weighted by molar-refractivity contribution is 0.673. The number of fused-ring (bicyclic) bond motifs is 13. The summed E-state index contributed by atoms with van der Waals surface area (Å²) in [6.07, 6.45) is 6.73. The molecular formula is C50H31NOS2. The molecule has 0 unspecified atom stereocenters. The van der Waals surface area contributed by atoms with Gasteiger partial charge in [-0.1, -0.05) is 103 Å². The van der Waals surface area contributed by atoms with E-state index in [1.54, 1.807) is 0 Å². The molecule has 0 saturated heterocycles. The molecular weight excluding hydrogens is 695 g/mol. The number of rotatable bonds is 4. The van der Waals surface area contributed by atoms with Crippen LogP contribution < -0.4 is 4.90 Å². The quantitative estimate of drug-likeness (QED) is 0.180. The van der Waals surface area contributed by atoms with Gasteiger partial charge < -0.3 is 9.32 Å². The van der Waals surface area contributed by atoms with Crippen LogP contribution in [0.1, 0.15) is 17.5 Å². The molecule has 0 bridgehead atoms. The van der Waals surface area contributed by atoms with Crippen molar-refractivity contribution in [2.75, 3.05) is 4.90 Å². The molecule has 3 aromatic heterocycles. The Morgan fingerprint density at radius 2 is 1.28 bits per heavy atom. The van der Waals surface area contributed by atoms with Gasteiger partial charge in [0, 0.05) is 67.9 Å². The largest absolute Gasteiger partial charge is 0.455 e. The van der Waals surface area contributed by atoms with Crippen LogP contribution in [0.3, 0.4) is 0 Å². The molecule has 12 rings (SSSR count). The molecule has 0 spiro atoms. The van der Waals surface area contributed by atoms with Crippen LogP contribution in [-0.2, 0) is 6.42 Å². The molecule has 2 nitrogen and oxygen atoms in total. The molecule has 1 aliphatic carbocycles. The molecule has 0 aliphatic heterocycles. The number of thiophene rings is 2. The zero-order valence-electron chi connectivity index (χ0n) is 29.2. The van der Waals surface area contributed by atoms with E-state index in [1.807, 2.05) is 22.7 Å². The maximum absolute atomic E-state index is 6.60. The molecule has 0 saturated carbocycles. The van der Waals surface area contributed by atoms with E-state index < -0.39 is 0 Å². The van der Waals surface area contributed by atoms with Crippen molar-refractivity contribution in [3.05, 3.63) is 169 Å². The van der Waals surface area contributed by atoms with Gasteiger partial charge in [0.2, 0.25) is 0 Å². The van der Waals surface area contributed by atoms with E-state index in [1.165, 1.54) is 84.4 Å². The monoisotopic (exact) mass is 725 g/mol. The SMILES string of the molecule is C1=Cc2cccc(-c3ccc(N(c4ccc5c(c4)sc4ccc6oc7c8ccccc8ccc7c6c45)c4cccc5sc6ccccc6c45)cc3)c2CC1. The average molecular weight is 726 g/mol. The van der Waals surface area contributed by atoms with Gasteiger partial charge in [0.25, 0.3) is 0 Å². The smallest absolute Gasteiger partial charge is 0.143 e. The predicted molar refractivity (Wildman–Crippen MR) is 234 cm³/mol. The van der Waals surface area contributed by atoms with E-state index in [9.17, 15) is 0 Å². The molecule has 0 N–H and O–H groups in total. The lowest BCUT2D eigenvalue weighted by atomic mass is 9.89. The minimum Gasteiger partial charge on any atom is -0.455 e. The maximum atomic E-state index is 6.60. The first kappa shape index (κ1) is 30.3. The number of anilines is 3. The summed E-state index contributed by atoms with van der Waals surface area (Å²) in [6, 6.07) is 55.9. The maximum Gasteiger partial charge on any atom is 0.143 e. The highest BCUT2D eigenvalue weighted by Gasteiger charge is 2.22. The van der Waals surface area contributed by atoms with Crippen LogP contribution in [0, 0.1) is 0 Å². The molecule has 0 amide bonds. The standard InChI is InChI=1S/C50H31NOS2/c1-3-12-35-30(9-1)11-7-15-36(35)32-19-22-33(23-20-32)51(41-16-8-18-44-47(41)38-14-5-6-17-43(38)53-44)34-24-26-39-46(29-34)54-45-28-27-42-48(49(39)45)40-25-21-31-10-2-4-13-37(31)50(40)52-42/h1-2,4-11,13-29H,3,12H2. The first-order valence-electron chi connectivity index (χ1n) is 18.6. The summed E-state index contributed by atoms with van der Waals surface area (Å²) in [5.41, 5.74) is 10.8. The number of nitrogens with zero attached hydrogens (tertiary/aromatic N) is 1. The molecule has 3 heterocycles. The van der Waals surface area contributed by atoms with Crippen molar-refractivity contribution in [3.63, 3.8) is 0 Å². The van der Waals surface area contributed by atoms with E-state index >= 15 is 0 Å². The molecule has 0 atom stereocenters. The van der Waals surface area contributed by atoms with Crippen LogP contribution in [-0.4, -0.2) is 0 Å². The Labute approximate surface area is 319 Å². The van der Waals surface area contributed by atoms with Crippen molar-refractivity contribution in [2.24, 2.45) is 0 Å². The fraction of sp³-hybridized carbons (Fsp3) is 0.0400. The molecule has 54 heavy (non-hydrogen) atoms. The number of allylic oxidation sites excluding steroid dienone is 1. The highest BCUT2D eigenvalue weighted by molar-refractivity contribution is 7.26. The Kier molecular flexibility index (Phi) is 6.53. The van der Waals surface area contributed by atoms with Crippen molar-refractivity contribution in [1.29, 1.82) is 0 Å². The van der Waals surface area contributed by atoms with Crippen LogP contribution in [0.2, 0.25) is 0 Å². The van der Waals surface area contributed by atoms with Crippen molar-refractivity contribution in [2.45, 2.75) is 12.8 Å². The predicted octanol–water partition coefficient (Wildman–Crippen LogP) is 15.6. The summed E-state index contributed by atoms with van der Waals surface area (Å²) in [7, 11) is 0. The Morgan fingerprint density at radius 1 is 0.519 bits per heavy atom. The van der Waals surface area contributed by atoms with Crippen LogP contribution >= 0.6 is 22.7 Å². The van der Waals surface area contributed by atoms with Gasteiger partial charge in [-0.15, -0.1) is 22.7 Å². The Balaban J connectivity index is 1.07. The third-order valence-corrected chi connectivity index (χ3v) is 13.6. The summed E-state index contributed by atoms with van der Waals surface area (Å²) in [6.45, 7) is 0. The van der Waals surface area contributed by atoms with E-state index in [-0.39, 0.29) is 0 Å². The van der Waals surface area contributed by atoms with E-state index in [0.717, 1.165) is 40.8 Å². The summed E-state index contributed by atoms with van der Waals surface area (Å²) in [4.78, 5) is 2.47. The fourth-order valence-electron chi connectivity index (χ4n) is 8.90. The minimum atomic E-state index is 0.936. The molecule has 0 radical (unpaired) electrons. The molecule has 4 heteroatoms. The van der Waals surface area contributed by atoms with E-state index in [2.05, 4.69) is 169 Å². The Hall–Kier alpha value is -6.20. The number of hydrogen-bond acceptors (Lipinski definition) is 4. The number of furan rings is 1. The average Bonchev–Trinajstić information content (AvgIpc) is 3.92. The minimum absolute atomic E-state index is 0.936. The van der Waals surface area contributed by atoms with Crippen LogP contribution in [0.15, 0.2) is 162 Å². The number of hydrogen-bond donors (Lipinski definition) is 0. The van der Waals surface area contributed by atoms with E-state index in [4.69, 9.17) is 4.42 Å². The normalized spacial score (nSPS) is 13.0. The third kappa shape index (κ3) is 4.45. The van der Waals surface area contributed by atoms with Gasteiger partial charge in [-0.25, -0.2) is 0 Å². The van der Waals surface area contributed by atoms with Gasteiger partial charge in [-0.2, -0.15) is 0 Å². The molecule has 254 valence electrons. The fourth-order valence-corrected chi connectivity index (χ4v) is 11.2. The summed E-state index contributed by atoms with van der Waals surface area (Å²) in [5.74, 6) is 0. The van der Waals surface area contributed by atoms with Gasteiger partial charge in [0.15, 0.2) is 0 Å². The molecule has 11 aromatic rings. The second-order valence-corrected chi connectivity index (χ2v) is 16.5. The first-order chi connectivity index (χ1) is 26.8. The van der Waals surface area contributed by atoms with Gasteiger partial charge >= 0.3 is 0 Å². The zero-order chi connectivity index (χ0) is 35.3. The molecule has 8 aromatic carbocycles. The summed E-state index contributed by atoms with van der Waals surface area (Å²) >= 11 is 3.73. The molecule has 0 fully saturated rings. The van der Waals surface area contributed by atoms with Crippen molar-refractivity contribution >= 4 is 119 Å². The topological polar surface area (TPSA) is 16.4 Å². The third-order valence-electron chi connectivity index (χ3n) is 11.3. The lowest BCUT2D eigenvalue weighted by Gasteiger charge is -2.27. The lowest BCUT2D eigenvalue weighted by Crippen LogP contribution is -2.10. The van der Waals surface area contributed by atoms with Crippen molar-refractivity contribution in [3.8, 4) is 11.1 Å². The van der Waals surface area contributed by atoms with Crippen LogP contribution in [0.25, 0.3) is 90.3 Å². The van der Waals surface area contributed by atoms with Crippen LogP contribution in [0.5, 0.6) is 0 Å². The van der Waals surface area contributed by atoms with Gasteiger partial charge in [-0.3, -0.25) is 0 Å². The summed E-state index contributed by atoms with van der Waals surface area (Å²) < 4.78 is 11.7. The second-order valence-electron chi connectivity index (χ2n) is 14.3. The first-order valence-corrected chi connectivity index (χ1v) is 20.2. The second kappa shape index (κ2) is 11.6. The van der Waals surface area contributed by atoms with E-state index in [0.29, 0.717) is 0 Å². The van der Waals surface area contributed by atoms with Crippen LogP contribution in [0.4, 0.5) is 17.1 Å². The van der Waals surface area contributed by atoms with Crippen molar-refractivity contribution < 1.29 is 4.42 Å². The Morgan fingerprint density at radius 3 is 2.22 bits per heavy atom. The van der Waals surface area contributed by atoms with Crippen molar-refractivity contribution in [1.82, 2.24) is 0 Å². The summed E-state index contributed by atoms with van der Waals surface area (Å²) in [5, 5.41) is 9.85. The highest BCUT2D eigenvalue weighted by atomic mass is 32.1. The number of benzene rings is 8. The Bertz CT molecular complexity index is 3340. The highest BCUT2D eigenvalue weighted by Crippen LogP contribution is 2.48. The zero-order valence-corrected chi connectivity index (χ0v) is 30.8.